The molecule has 0 aliphatic rings. The van der Waals surface area contributed by atoms with Crippen molar-refractivity contribution in [2.45, 2.75) is 0 Å². The van der Waals surface area contributed by atoms with E-state index in [2.05, 4.69) is 0 Å². The minimum absolute atomic E-state index is 0. The van der Waals surface area contributed by atoms with Crippen molar-refractivity contribution >= 4 is 16.9 Å². The second-order valence-corrected chi connectivity index (χ2v) is 3.21. The normalized spacial score (nSPS) is 9.92. The van der Waals surface area contributed by atoms with Gasteiger partial charge < -0.3 is 43.9 Å². The molecule has 0 rings (SSSR count). The van der Waals surface area contributed by atoms with Gasteiger partial charge in [-0.3, -0.25) is 0 Å². The van der Waals surface area contributed by atoms with Gasteiger partial charge in [-0.15, -0.1) is 0 Å². The van der Waals surface area contributed by atoms with Gasteiger partial charge in [0.05, 0.1) is 7.82 Å². The van der Waals surface area contributed by atoms with Gasteiger partial charge in [-0.2, -0.15) is 0 Å². The fraction of sp³-hybridized carbons (Fsp3) is 0. The van der Waals surface area contributed by atoms with Gasteiger partial charge in [-0.05, 0) is 0 Å². The van der Waals surface area contributed by atoms with Crippen LogP contribution < -0.4 is 9.79 Å². The molecule has 12 heavy (non-hydrogen) atoms. The van der Waals surface area contributed by atoms with Crippen molar-refractivity contribution in [3.8, 4) is 0 Å². The molecule has 0 saturated carbocycles. The van der Waals surface area contributed by atoms with Crippen LogP contribution in [0.2, 0.25) is 0 Å². The van der Waals surface area contributed by atoms with Crippen LogP contribution in [0.3, 0.4) is 0 Å². The van der Waals surface area contributed by atoms with Gasteiger partial charge >= 0.3 is 28.5 Å². The van der Waals surface area contributed by atoms with E-state index in [1.807, 2.05) is 0 Å². The van der Waals surface area contributed by atoms with Crippen LogP contribution in [0, 0.1) is 0 Å². The minimum atomic E-state index is -5.14. The van der Waals surface area contributed by atoms with Gasteiger partial charge in [0.2, 0.25) is 0 Å². The molecule has 0 radical (unpaired) electrons. The van der Waals surface area contributed by atoms with Gasteiger partial charge in [0, 0.05) is 0 Å². The van der Waals surface area contributed by atoms with Crippen molar-refractivity contribution in [3.63, 3.8) is 0 Å². The molecule has 0 aliphatic carbocycles. The van der Waals surface area contributed by atoms with Crippen LogP contribution in [-0.2, 0) is 24.0 Å². The molecular formula is H7O9PSiZn. The van der Waals surface area contributed by atoms with Gasteiger partial charge in [0.15, 0.2) is 0 Å². The predicted molar refractivity (Wildman–Crippen MR) is 28.1 cm³/mol. The molecule has 0 aromatic rings. The van der Waals surface area contributed by atoms with Gasteiger partial charge in [-0.25, -0.2) is 0 Å². The van der Waals surface area contributed by atoms with Crippen LogP contribution in [0.4, 0.5) is 0 Å². The summed E-state index contributed by atoms with van der Waals surface area (Å²) in [6.45, 7) is 0. The van der Waals surface area contributed by atoms with Crippen molar-refractivity contribution in [2.75, 3.05) is 0 Å². The van der Waals surface area contributed by atoms with E-state index >= 15 is 0 Å². The molecule has 7 N–H and O–H groups in total. The maximum atomic E-state index is 8.66. The van der Waals surface area contributed by atoms with Crippen LogP contribution in [0.15, 0.2) is 0 Å². The van der Waals surface area contributed by atoms with Gasteiger partial charge in [0.25, 0.3) is 0 Å². The van der Waals surface area contributed by atoms with E-state index in [0.717, 1.165) is 0 Å². The van der Waals surface area contributed by atoms with E-state index in [4.69, 9.17) is 38.4 Å². The molecule has 0 aromatic carbocycles. The summed E-state index contributed by atoms with van der Waals surface area (Å²) in [7, 11) is -9.75. The molecule has 72 valence electrons. The second-order valence-electron chi connectivity index (χ2n) is 1.07. The summed E-state index contributed by atoms with van der Waals surface area (Å²) in [6.07, 6.45) is 0. The predicted octanol–water partition coefficient (Wildman–Crippen LogP) is -5.63. The van der Waals surface area contributed by atoms with E-state index in [0.29, 0.717) is 0 Å². The number of hydrogen-bond acceptors (Lipinski definition) is 7. The van der Waals surface area contributed by atoms with Crippen LogP contribution in [-0.4, -0.2) is 38.6 Å². The molecular weight excluding hydrogens is 268 g/mol. The van der Waals surface area contributed by atoms with E-state index in [1.165, 1.54) is 0 Å². The Morgan fingerprint density at radius 2 is 1.08 bits per heavy atom. The van der Waals surface area contributed by atoms with Crippen LogP contribution in [0.1, 0.15) is 0 Å². The van der Waals surface area contributed by atoms with Crippen molar-refractivity contribution in [3.05, 3.63) is 0 Å². The SMILES string of the molecule is O.O=P([O-])([O-])O.O[Si](O)(O)O.[Zn+2]. The largest absolute Gasteiger partial charge is 2.00 e. The Balaban J connectivity index is -0.0000000457. The summed E-state index contributed by atoms with van der Waals surface area (Å²) in [5.41, 5.74) is 0. The summed E-state index contributed by atoms with van der Waals surface area (Å²) in [4.78, 5) is 53.6. The van der Waals surface area contributed by atoms with E-state index in [9.17, 15) is 0 Å². The van der Waals surface area contributed by atoms with Crippen LogP contribution in [0.25, 0.3) is 0 Å². The first-order valence-corrected chi connectivity index (χ1v) is 4.93. The van der Waals surface area contributed by atoms with Gasteiger partial charge in [0.1, 0.15) is 0 Å². The molecule has 0 amide bonds. The van der Waals surface area contributed by atoms with Gasteiger partial charge in [-0.1, -0.05) is 0 Å². The molecule has 0 atom stereocenters. The minimum Gasteiger partial charge on any atom is -0.790 e. The fourth-order valence-corrected chi connectivity index (χ4v) is 0. The molecule has 0 spiro atoms. The smallest absolute Gasteiger partial charge is 0.790 e. The molecule has 0 fully saturated rings. The molecule has 12 heteroatoms. The Bertz CT molecular complexity index is 107. The maximum absolute atomic E-state index is 8.66. The summed E-state index contributed by atoms with van der Waals surface area (Å²) in [6, 6.07) is 0. The first-order valence-electron chi connectivity index (χ1n) is 1.64. The van der Waals surface area contributed by atoms with Crippen molar-refractivity contribution in [1.29, 1.82) is 0 Å². The first-order chi connectivity index (χ1) is 4.00. The average molecular weight is 275 g/mol. The summed E-state index contributed by atoms with van der Waals surface area (Å²) in [5, 5.41) is 0. The molecule has 0 bridgehead atoms. The first kappa shape index (κ1) is 23.0. The molecule has 0 aliphatic heterocycles. The Labute approximate surface area is 80.7 Å². The zero-order valence-electron chi connectivity index (χ0n) is 5.62. The van der Waals surface area contributed by atoms with Crippen molar-refractivity contribution in [1.82, 2.24) is 0 Å². The number of rotatable bonds is 0. The zero-order chi connectivity index (χ0) is 9.00. The third-order valence-electron chi connectivity index (χ3n) is 0. The van der Waals surface area contributed by atoms with Crippen LogP contribution >= 0.6 is 7.82 Å². The Kier molecular flexibility index (Phi) is 16.0. The standard InChI is InChI=1S/H3O4P.H4O4Si.H2O.Zn/c2*1-5(2,3)4;;/h(H3,1,2,3,4);1-4H;1H2;/q;;;+2/p-2. The van der Waals surface area contributed by atoms with E-state index < -0.39 is 16.9 Å². The molecule has 0 unspecified atom stereocenters. The molecule has 0 aromatic heterocycles. The van der Waals surface area contributed by atoms with E-state index in [-0.39, 0.29) is 25.0 Å². The quantitative estimate of drug-likeness (QED) is 0.213. The van der Waals surface area contributed by atoms with E-state index in [1.54, 1.807) is 0 Å². The third kappa shape index (κ3) is 1820. The number of hydrogen-bond donors (Lipinski definition) is 5. The third-order valence-corrected chi connectivity index (χ3v) is 0. The summed E-state index contributed by atoms with van der Waals surface area (Å²) < 4.78 is 8.66. The summed E-state index contributed by atoms with van der Waals surface area (Å²) in [5.74, 6) is 0. The Hall–Kier alpha value is 0.750. The monoisotopic (exact) mass is 274 g/mol. The average Bonchev–Trinajstić information content (AvgIpc) is 1.12. The van der Waals surface area contributed by atoms with Crippen molar-refractivity contribution in [2.24, 2.45) is 0 Å². The maximum Gasteiger partial charge on any atom is 2.00 e. The summed E-state index contributed by atoms with van der Waals surface area (Å²) >= 11 is 0. The topological polar surface area (TPSA) is 196 Å². The molecule has 0 saturated heterocycles. The Morgan fingerprint density at radius 1 is 1.08 bits per heavy atom. The van der Waals surface area contributed by atoms with Crippen molar-refractivity contribution < 1.29 is 63.4 Å². The fourth-order valence-electron chi connectivity index (χ4n) is 0. The number of phosphoric acid groups is 1. The zero-order valence-corrected chi connectivity index (χ0v) is 10.5. The Morgan fingerprint density at radius 3 is 1.08 bits per heavy atom. The molecule has 0 heterocycles. The second kappa shape index (κ2) is 8.35. The molecule has 9 nitrogen and oxygen atoms in total. The van der Waals surface area contributed by atoms with Crippen LogP contribution in [0.5, 0.6) is 0 Å².